The topological polar surface area (TPSA) is 50.7 Å². The second-order valence-corrected chi connectivity index (χ2v) is 6.56. The highest BCUT2D eigenvalue weighted by Crippen LogP contribution is 2.29. The molecule has 0 unspecified atom stereocenters. The van der Waals surface area contributed by atoms with E-state index >= 15 is 0 Å². The molecular formula is C19H18N2O2S. The molecule has 4 nitrogen and oxygen atoms in total. The fourth-order valence-electron chi connectivity index (χ4n) is 2.28. The first-order valence-corrected chi connectivity index (χ1v) is 8.38. The summed E-state index contributed by atoms with van der Waals surface area (Å²) in [5.41, 5.74) is 4.15. The number of rotatable bonds is 3. The molecule has 1 aliphatic heterocycles. The number of amidine groups is 1. The van der Waals surface area contributed by atoms with Crippen LogP contribution < -0.4 is 10.1 Å². The number of hydrogen-bond donors (Lipinski definition) is 1. The smallest absolute Gasteiger partial charge is 0.264 e. The average Bonchev–Trinajstić information content (AvgIpc) is 2.90. The van der Waals surface area contributed by atoms with Crippen molar-refractivity contribution in [3.63, 3.8) is 0 Å². The van der Waals surface area contributed by atoms with Gasteiger partial charge in [-0.2, -0.15) is 0 Å². The molecule has 1 fully saturated rings. The van der Waals surface area contributed by atoms with Crippen molar-refractivity contribution in [3.05, 3.63) is 64.1 Å². The van der Waals surface area contributed by atoms with Crippen molar-refractivity contribution >= 4 is 34.6 Å². The number of nitrogens with one attached hydrogen (secondary N) is 1. The molecule has 2 aromatic carbocycles. The first-order chi connectivity index (χ1) is 11.5. The summed E-state index contributed by atoms with van der Waals surface area (Å²) in [4.78, 5) is 17.3. The van der Waals surface area contributed by atoms with Gasteiger partial charge in [-0.15, -0.1) is 0 Å². The number of hydrogen-bond acceptors (Lipinski definition) is 4. The number of benzene rings is 2. The van der Waals surface area contributed by atoms with E-state index in [-0.39, 0.29) is 5.91 Å². The molecule has 3 rings (SSSR count). The fourth-order valence-corrected chi connectivity index (χ4v) is 3.12. The van der Waals surface area contributed by atoms with E-state index in [1.165, 1.54) is 22.9 Å². The maximum Gasteiger partial charge on any atom is 0.264 e. The van der Waals surface area contributed by atoms with Gasteiger partial charge in [0.2, 0.25) is 0 Å². The van der Waals surface area contributed by atoms with Crippen LogP contribution in [0.4, 0.5) is 5.69 Å². The second kappa shape index (κ2) is 6.93. The molecule has 1 aliphatic rings. The van der Waals surface area contributed by atoms with Gasteiger partial charge in [0.15, 0.2) is 5.17 Å². The first-order valence-electron chi connectivity index (χ1n) is 7.56. The molecule has 0 aliphatic carbocycles. The van der Waals surface area contributed by atoms with E-state index in [1.54, 1.807) is 7.11 Å². The number of carbonyl (C=O) groups excluding carboxylic acids is 1. The van der Waals surface area contributed by atoms with Crippen LogP contribution in [0.5, 0.6) is 5.75 Å². The largest absolute Gasteiger partial charge is 0.497 e. The summed E-state index contributed by atoms with van der Waals surface area (Å²) in [6.07, 6.45) is 1.84. The maximum atomic E-state index is 12.1. The van der Waals surface area contributed by atoms with Crippen molar-refractivity contribution < 1.29 is 9.53 Å². The van der Waals surface area contributed by atoms with Gasteiger partial charge in [0.25, 0.3) is 5.91 Å². The zero-order valence-corrected chi connectivity index (χ0v) is 14.6. The number of aliphatic imine (C=N–C) groups is 1. The Labute approximate surface area is 145 Å². The summed E-state index contributed by atoms with van der Waals surface area (Å²) >= 11 is 1.34. The number of ether oxygens (including phenoxy) is 1. The summed E-state index contributed by atoms with van der Waals surface area (Å²) in [6.45, 7) is 4.11. The Bertz CT molecular complexity index is 856. The Kier molecular flexibility index (Phi) is 4.71. The normalized spacial score (nSPS) is 17.4. The summed E-state index contributed by atoms with van der Waals surface area (Å²) in [6, 6.07) is 13.6. The van der Waals surface area contributed by atoms with Crippen LogP contribution in [0, 0.1) is 13.8 Å². The first kappa shape index (κ1) is 16.3. The highest BCUT2D eigenvalue weighted by molar-refractivity contribution is 8.18. The van der Waals surface area contributed by atoms with Crippen LogP contribution >= 0.6 is 11.8 Å². The lowest BCUT2D eigenvalue weighted by Crippen LogP contribution is -2.19. The lowest BCUT2D eigenvalue weighted by molar-refractivity contribution is -0.115. The summed E-state index contributed by atoms with van der Waals surface area (Å²) in [5, 5.41) is 3.40. The molecule has 0 aromatic heterocycles. The number of amides is 1. The molecule has 1 amide bonds. The van der Waals surface area contributed by atoms with Gasteiger partial charge >= 0.3 is 0 Å². The van der Waals surface area contributed by atoms with Crippen molar-refractivity contribution in [1.29, 1.82) is 0 Å². The Morgan fingerprint density at radius 2 is 1.96 bits per heavy atom. The SMILES string of the molecule is COc1cccc(/C=C2\SC(=Nc3ccc(C)c(C)c3)NC2=O)c1. The molecule has 24 heavy (non-hydrogen) atoms. The van der Waals surface area contributed by atoms with E-state index in [0.29, 0.717) is 10.1 Å². The predicted octanol–water partition coefficient (Wildman–Crippen LogP) is 4.20. The number of nitrogens with zero attached hydrogens (tertiary/aromatic N) is 1. The van der Waals surface area contributed by atoms with E-state index in [0.717, 1.165) is 17.0 Å². The Morgan fingerprint density at radius 3 is 2.71 bits per heavy atom. The highest BCUT2D eigenvalue weighted by atomic mass is 32.2. The van der Waals surface area contributed by atoms with E-state index in [4.69, 9.17) is 4.74 Å². The number of methoxy groups -OCH3 is 1. The second-order valence-electron chi connectivity index (χ2n) is 5.53. The van der Waals surface area contributed by atoms with E-state index in [2.05, 4.69) is 17.2 Å². The van der Waals surface area contributed by atoms with Gasteiger partial charge in [-0.3, -0.25) is 4.79 Å². The van der Waals surface area contributed by atoms with Gasteiger partial charge < -0.3 is 10.1 Å². The van der Waals surface area contributed by atoms with E-state index in [9.17, 15) is 4.79 Å². The van der Waals surface area contributed by atoms with Crippen LogP contribution in [0.15, 0.2) is 52.4 Å². The van der Waals surface area contributed by atoms with E-state index in [1.807, 2.05) is 55.5 Å². The minimum absolute atomic E-state index is 0.134. The maximum absolute atomic E-state index is 12.1. The fraction of sp³-hybridized carbons (Fsp3) is 0.158. The van der Waals surface area contributed by atoms with Gasteiger partial charge in [-0.1, -0.05) is 18.2 Å². The third kappa shape index (κ3) is 3.68. The minimum atomic E-state index is -0.134. The number of aryl methyl sites for hydroxylation is 2. The molecule has 1 saturated heterocycles. The zero-order valence-electron chi connectivity index (χ0n) is 13.8. The monoisotopic (exact) mass is 338 g/mol. The van der Waals surface area contributed by atoms with Crippen molar-refractivity contribution in [2.45, 2.75) is 13.8 Å². The molecular weight excluding hydrogens is 320 g/mol. The molecule has 2 aromatic rings. The zero-order chi connectivity index (χ0) is 17.1. The lowest BCUT2D eigenvalue weighted by atomic mass is 10.1. The Hall–Kier alpha value is -2.53. The van der Waals surface area contributed by atoms with Crippen LogP contribution in [-0.2, 0) is 4.79 Å². The van der Waals surface area contributed by atoms with Crippen LogP contribution in [-0.4, -0.2) is 18.2 Å². The van der Waals surface area contributed by atoms with Crippen molar-refractivity contribution in [2.24, 2.45) is 4.99 Å². The molecule has 0 radical (unpaired) electrons. The molecule has 0 spiro atoms. The Balaban J connectivity index is 1.83. The Morgan fingerprint density at radius 1 is 1.12 bits per heavy atom. The lowest BCUT2D eigenvalue weighted by Gasteiger charge is -2.01. The third-order valence-electron chi connectivity index (χ3n) is 3.76. The molecule has 1 N–H and O–H groups in total. The van der Waals surface area contributed by atoms with Crippen molar-refractivity contribution in [3.8, 4) is 5.75 Å². The van der Waals surface area contributed by atoms with Crippen LogP contribution in [0.1, 0.15) is 16.7 Å². The van der Waals surface area contributed by atoms with Crippen molar-refractivity contribution in [2.75, 3.05) is 7.11 Å². The quantitative estimate of drug-likeness (QED) is 0.853. The van der Waals surface area contributed by atoms with Gasteiger partial charge in [0.1, 0.15) is 5.75 Å². The molecule has 122 valence electrons. The minimum Gasteiger partial charge on any atom is -0.497 e. The summed E-state index contributed by atoms with van der Waals surface area (Å²) < 4.78 is 5.21. The van der Waals surface area contributed by atoms with Crippen LogP contribution in [0.25, 0.3) is 6.08 Å². The van der Waals surface area contributed by atoms with Crippen LogP contribution in [0.3, 0.4) is 0 Å². The molecule has 5 heteroatoms. The van der Waals surface area contributed by atoms with Gasteiger partial charge in [-0.25, -0.2) is 4.99 Å². The molecule has 0 bridgehead atoms. The molecule has 0 atom stereocenters. The van der Waals surface area contributed by atoms with E-state index < -0.39 is 0 Å². The third-order valence-corrected chi connectivity index (χ3v) is 4.67. The van der Waals surface area contributed by atoms with Gasteiger partial charge in [0.05, 0.1) is 17.7 Å². The van der Waals surface area contributed by atoms with Gasteiger partial charge in [-0.05, 0) is 72.6 Å². The van der Waals surface area contributed by atoms with Crippen molar-refractivity contribution in [1.82, 2.24) is 5.32 Å². The average molecular weight is 338 g/mol. The predicted molar refractivity (Wildman–Crippen MR) is 99.7 cm³/mol. The highest BCUT2D eigenvalue weighted by Gasteiger charge is 2.23. The number of thioether (sulfide) groups is 1. The number of carbonyl (C=O) groups is 1. The van der Waals surface area contributed by atoms with Gasteiger partial charge in [0, 0.05) is 0 Å². The standard InChI is InChI=1S/C19H18N2O2S/c1-12-7-8-15(9-13(12)2)20-19-21-18(22)17(24-19)11-14-5-4-6-16(10-14)23-3/h4-11H,1-3H3,(H,20,21,22)/b17-11-. The van der Waals surface area contributed by atoms with Crippen LogP contribution in [0.2, 0.25) is 0 Å². The summed E-state index contributed by atoms with van der Waals surface area (Å²) in [7, 11) is 1.62. The molecule has 0 saturated carbocycles. The summed E-state index contributed by atoms with van der Waals surface area (Å²) in [5.74, 6) is 0.627. The molecule has 1 heterocycles.